The Kier molecular flexibility index (Phi) is 6.47. The Morgan fingerprint density at radius 2 is 2.06 bits per heavy atom. The topological polar surface area (TPSA) is 134 Å². The van der Waals surface area contributed by atoms with E-state index in [0.29, 0.717) is 24.1 Å². The van der Waals surface area contributed by atoms with Gasteiger partial charge in [0.1, 0.15) is 10.6 Å². The molecule has 1 saturated heterocycles. The fourth-order valence-electron chi connectivity index (χ4n) is 3.36. The van der Waals surface area contributed by atoms with Crippen LogP contribution in [0.25, 0.3) is 11.0 Å². The fraction of sp³-hybridized carbons (Fsp3) is 0.333. The molecule has 0 radical (unpaired) electrons. The molecule has 3 aromatic rings. The number of hydrogen-bond donors (Lipinski definition) is 4. The number of nitrogens with zero attached hydrogens (tertiary/aromatic N) is 1. The van der Waals surface area contributed by atoms with Gasteiger partial charge >= 0.3 is 16.1 Å². The van der Waals surface area contributed by atoms with Crippen molar-refractivity contribution in [3.05, 3.63) is 42.5 Å². The molecular formula is C21H25N5O5S. The number of anilines is 2. The highest BCUT2D eigenvalue weighted by atomic mass is 32.2. The summed E-state index contributed by atoms with van der Waals surface area (Å²) in [6, 6.07) is 10.6. The number of H-pyrrole nitrogens is 1. The predicted octanol–water partition coefficient (Wildman–Crippen LogP) is 3.06. The molecule has 10 nitrogen and oxygen atoms in total. The van der Waals surface area contributed by atoms with Gasteiger partial charge in [-0.15, -0.1) is 0 Å². The molecule has 0 spiro atoms. The molecule has 11 heteroatoms. The Balaban J connectivity index is 1.42. The van der Waals surface area contributed by atoms with Crippen molar-refractivity contribution in [3.63, 3.8) is 0 Å². The molecule has 0 aliphatic carbocycles. The maximum Gasteiger partial charge on any atom is 0.339 e. The predicted molar refractivity (Wildman–Crippen MR) is 121 cm³/mol. The molecule has 2 aromatic carbocycles. The number of imidazole rings is 1. The van der Waals surface area contributed by atoms with Gasteiger partial charge in [0.05, 0.1) is 17.1 Å². The molecule has 1 aromatic heterocycles. The second-order valence-corrected chi connectivity index (χ2v) is 8.87. The second-order valence-electron chi connectivity index (χ2n) is 7.33. The highest BCUT2D eigenvalue weighted by Crippen LogP contribution is 2.25. The van der Waals surface area contributed by atoms with Crippen molar-refractivity contribution < 1.29 is 22.1 Å². The van der Waals surface area contributed by atoms with E-state index < -0.39 is 10.1 Å². The van der Waals surface area contributed by atoms with Crippen LogP contribution in [-0.2, 0) is 14.9 Å². The number of rotatable bonds is 8. The summed E-state index contributed by atoms with van der Waals surface area (Å²) in [5.41, 5.74) is 1.90. The smallest absolute Gasteiger partial charge is 0.339 e. The van der Waals surface area contributed by atoms with Crippen LogP contribution in [0.5, 0.6) is 5.75 Å². The zero-order valence-corrected chi connectivity index (χ0v) is 18.4. The lowest BCUT2D eigenvalue weighted by atomic mass is 10.2. The number of carbonyl (C=O) groups is 1. The van der Waals surface area contributed by atoms with Gasteiger partial charge < -0.3 is 24.5 Å². The minimum absolute atomic E-state index is 0.0449. The maximum absolute atomic E-state index is 12.7. The summed E-state index contributed by atoms with van der Waals surface area (Å²) in [5.74, 6) is 0.378. The lowest BCUT2D eigenvalue weighted by Crippen LogP contribution is -2.28. The van der Waals surface area contributed by atoms with Crippen molar-refractivity contribution >= 4 is 38.8 Å². The molecule has 1 atom stereocenters. The number of hydrogen-bond acceptors (Lipinski definition) is 7. The van der Waals surface area contributed by atoms with Crippen molar-refractivity contribution in [2.45, 2.75) is 30.8 Å². The summed E-state index contributed by atoms with van der Waals surface area (Å²) in [7, 11) is -4.02. The average Bonchev–Trinajstić information content (AvgIpc) is 3.41. The molecule has 32 heavy (non-hydrogen) atoms. The number of benzene rings is 2. The Labute approximate surface area is 185 Å². The summed E-state index contributed by atoms with van der Waals surface area (Å²) in [6.45, 7) is 3.76. The zero-order chi connectivity index (χ0) is 22.6. The van der Waals surface area contributed by atoms with Gasteiger partial charge in [0, 0.05) is 31.5 Å². The van der Waals surface area contributed by atoms with Gasteiger partial charge in [0.2, 0.25) is 5.95 Å². The highest BCUT2D eigenvalue weighted by Gasteiger charge is 2.18. The average molecular weight is 460 g/mol. The van der Waals surface area contributed by atoms with Crippen molar-refractivity contribution in [1.29, 1.82) is 0 Å². The summed E-state index contributed by atoms with van der Waals surface area (Å²) < 4.78 is 36.2. The molecule has 0 bridgehead atoms. The van der Waals surface area contributed by atoms with Crippen LogP contribution in [0.2, 0.25) is 0 Å². The number of amides is 2. The number of fused-ring (bicyclic) bond motifs is 1. The van der Waals surface area contributed by atoms with Gasteiger partial charge in [-0.1, -0.05) is 0 Å². The Morgan fingerprint density at radius 3 is 2.78 bits per heavy atom. The normalized spacial score (nSPS) is 16.1. The van der Waals surface area contributed by atoms with E-state index in [1.807, 2.05) is 0 Å². The zero-order valence-electron chi connectivity index (χ0n) is 17.6. The Hall–Kier alpha value is -3.31. The van der Waals surface area contributed by atoms with Crippen molar-refractivity contribution in [2.24, 2.45) is 0 Å². The van der Waals surface area contributed by atoms with E-state index in [4.69, 9.17) is 8.92 Å². The monoisotopic (exact) mass is 459 g/mol. The van der Waals surface area contributed by atoms with Crippen LogP contribution in [0.3, 0.4) is 0 Å². The standard InChI is InChI=1S/C21H25N5O5S/c1-2-22-21(27)26-20-24-18-10-7-15(12-19(18)25-20)31-32(28,29)17-8-5-14(6-9-17)23-13-16-4-3-11-30-16/h5-10,12,16,23H,2-4,11,13H2,1H3,(H3,22,24,25,26,27). The molecular weight excluding hydrogens is 434 g/mol. The van der Waals surface area contributed by atoms with Crippen molar-refractivity contribution in [1.82, 2.24) is 15.3 Å². The van der Waals surface area contributed by atoms with E-state index in [-0.39, 0.29) is 28.7 Å². The van der Waals surface area contributed by atoms with Gasteiger partial charge in [0.15, 0.2) is 0 Å². The Morgan fingerprint density at radius 1 is 1.25 bits per heavy atom. The first kappa shape index (κ1) is 21.9. The molecule has 2 heterocycles. The highest BCUT2D eigenvalue weighted by molar-refractivity contribution is 7.87. The molecule has 4 N–H and O–H groups in total. The van der Waals surface area contributed by atoms with E-state index >= 15 is 0 Å². The van der Waals surface area contributed by atoms with Crippen molar-refractivity contribution in [3.8, 4) is 5.75 Å². The molecule has 1 aliphatic heterocycles. The number of ether oxygens (including phenoxy) is 1. The molecule has 1 unspecified atom stereocenters. The molecule has 2 amide bonds. The summed E-state index contributed by atoms with van der Waals surface area (Å²) in [4.78, 5) is 18.8. The largest absolute Gasteiger partial charge is 0.382 e. The van der Waals surface area contributed by atoms with E-state index in [0.717, 1.165) is 25.1 Å². The maximum atomic E-state index is 12.7. The van der Waals surface area contributed by atoms with Crippen LogP contribution < -0.4 is 20.1 Å². The molecule has 4 rings (SSSR count). The van der Waals surface area contributed by atoms with Crippen LogP contribution in [-0.4, -0.2) is 50.2 Å². The van der Waals surface area contributed by atoms with Gasteiger partial charge in [-0.25, -0.2) is 9.78 Å². The summed E-state index contributed by atoms with van der Waals surface area (Å²) >= 11 is 0. The number of nitrogens with one attached hydrogen (secondary N) is 4. The van der Waals surface area contributed by atoms with Crippen LogP contribution >= 0.6 is 0 Å². The fourth-order valence-corrected chi connectivity index (χ4v) is 4.29. The quantitative estimate of drug-likeness (QED) is 0.380. The lowest BCUT2D eigenvalue weighted by Gasteiger charge is -2.12. The number of aromatic amines is 1. The first-order valence-corrected chi connectivity index (χ1v) is 11.8. The van der Waals surface area contributed by atoms with Crippen LogP contribution in [0.15, 0.2) is 47.4 Å². The number of carbonyl (C=O) groups excluding carboxylic acids is 1. The van der Waals surface area contributed by atoms with Crippen LogP contribution in [0.1, 0.15) is 19.8 Å². The van der Waals surface area contributed by atoms with Gasteiger partial charge in [0.25, 0.3) is 0 Å². The Bertz CT molecular complexity index is 1190. The number of urea groups is 1. The molecule has 1 fully saturated rings. The van der Waals surface area contributed by atoms with Crippen LogP contribution in [0.4, 0.5) is 16.4 Å². The van der Waals surface area contributed by atoms with Crippen LogP contribution in [0, 0.1) is 0 Å². The van der Waals surface area contributed by atoms with E-state index in [9.17, 15) is 13.2 Å². The van der Waals surface area contributed by atoms with Gasteiger partial charge in [-0.2, -0.15) is 8.42 Å². The minimum Gasteiger partial charge on any atom is -0.382 e. The summed E-state index contributed by atoms with van der Waals surface area (Å²) in [5, 5.41) is 8.42. The summed E-state index contributed by atoms with van der Waals surface area (Å²) in [6.07, 6.45) is 2.28. The first-order chi connectivity index (χ1) is 15.4. The molecule has 1 aliphatic rings. The van der Waals surface area contributed by atoms with Gasteiger partial charge in [-0.3, -0.25) is 5.32 Å². The van der Waals surface area contributed by atoms with E-state index in [1.54, 1.807) is 25.1 Å². The van der Waals surface area contributed by atoms with Crippen molar-refractivity contribution in [2.75, 3.05) is 30.3 Å². The second kappa shape index (κ2) is 9.45. The van der Waals surface area contributed by atoms with E-state index in [1.165, 1.54) is 24.3 Å². The molecule has 0 saturated carbocycles. The number of aromatic nitrogens is 2. The van der Waals surface area contributed by atoms with Gasteiger partial charge in [-0.05, 0) is 56.2 Å². The third kappa shape index (κ3) is 5.29. The minimum atomic E-state index is -4.02. The SMILES string of the molecule is CCNC(=O)Nc1nc2ccc(OS(=O)(=O)c3ccc(NCC4CCCO4)cc3)cc2[nH]1. The third-order valence-electron chi connectivity index (χ3n) is 4.93. The first-order valence-electron chi connectivity index (χ1n) is 10.4. The van der Waals surface area contributed by atoms with E-state index in [2.05, 4.69) is 25.9 Å². The third-order valence-corrected chi connectivity index (χ3v) is 6.19. The molecule has 170 valence electrons. The lowest BCUT2D eigenvalue weighted by molar-refractivity contribution is 0.120.